The maximum Gasteiger partial charge on any atom is 0.298 e. The molecule has 0 aliphatic rings. The monoisotopic (exact) mass is 262 g/mol. The highest BCUT2D eigenvalue weighted by Crippen LogP contribution is 2.17. The van der Waals surface area contributed by atoms with Crippen LogP contribution in [0, 0.1) is 5.82 Å². The van der Waals surface area contributed by atoms with E-state index in [9.17, 15) is 12.8 Å². The number of amidine groups is 1. The Labute approximate surface area is 97.3 Å². The lowest BCUT2D eigenvalue weighted by molar-refractivity contribution is 0.318. The summed E-state index contributed by atoms with van der Waals surface area (Å²) in [6.07, 6.45) is 0. The summed E-state index contributed by atoms with van der Waals surface area (Å²) in [6, 6.07) is 3.15. The SMILES string of the molecule is CNS(=O)(=O)Nc1ccc(F)cc1/C(N)=N/O. The van der Waals surface area contributed by atoms with Crippen molar-refractivity contribution in [2.75, 3.05) is 11.8 Å². The van der Waals surface area contributed by atoms with E-state index in [1.807, 2.05) is 4.72 Å². The fourth-order valence-corrected chi connectivity index (χ4v) is 1.64. The van der Waals surface area contributed by atoms with Crippen LogP contribution in [0.5, 0.6) is 0 Å². The summed E-state index contributed by atoms with van der Waals surface area (Å²) < 4.78 is 39.6. The molecule has 5 N–H and O–H groups in total. The van der Waals surface area contributed by atoms with Crippen molar-refractivity contribution in [3.8, 4) is 0 Å². The third kappa shape index (κ3) is 3.29. The molecule has 0 heterocycles. The zero-order valence-corrected chi connectivity index (χ0v) is 9.62. The van der Waals surface area contributed by atoms with Gasteiger partial charge >= 0.3 is 0 Å². The molecule has 0 radical (unpaired) electrons. The van der Waals surface area contributed by atoms with Crippen LogP contribution in [0.1, 0.15) is 5.56 Å². The number of hydrogen-bond donors (Lipinski definition) is 4. The van der Waals surface area contributed by atoms with Crippen molar-refractivity contribution < 1.29 is 18.0 Å². The normalized spacial score (nSPS) is 12.5. The third-order valence-electron chi connectivity index (χ3n) is 1.88. The van der Waals surface area contributed by atoms with E-state index in [-0.39, 0.29) is 11.3 Å². The number of nitrogens with two attached hydrogens (primary N) is 1. The smallest absolute Gasteiger partial charge is 0.298 e. The summed E-state index contributed by atoms with van der Waals surface area (Å²) in [5, 5.41) is 11.2. The molecule has 17 heavy (non-hydrogen) atoms. The molecule has 94 valence electrons. The summed E-state index contributed by atoms with van der Waals surface area (Å²) in [6.45, 7) is 0. The zero-order chi connectivity index (χ0) is 13.1. The lowest BCUT2D eigenvalue weighted by atomic mass is 10.1. The Hall–Kier alpha value is -1.87. The Morgan fingerprint density at radius 3 is 2.71 bits per heavy atom. The van der Waals surface area contributed by atoms with Crippen molar-refractivity contribution in [3.63, 3.8) is 0 Å². The number of halogens is 1. The van der Waals surface area contributed by atoms with E-state index in [4.69, 9.17) is 10.9 Å². The van der Waals surface area contributed by atoms with Gasteiger partial charge < -0.3 is 10.9 Å². The first-order chi connectivity index (χ1) is 7.89. The number of rotatable bonds is 4. The molecule has 0 aliphatic carbocycles. The molecule has 1 rings (SSSR count). The van der Waals surface area contributed by atoms with E-state index in [0.717, 1.165) is 18.2 Å². The molecule has 0 bridgehead atoms. The van der Waals surface area contributed by atoms with Crippen LogP contribution in [0.4, 0.5) is 10.1 Å². The van der Waals surface area contributed by atoms with Crippen molar-refractivity contribution >= 4 is 21.7 Å². The van der Waals surface area contributed by atoms with Gasteiger partial charge in [0.15, 0.2) is 5.84 Å². The molecule has 0 unspecified atom stereocenters. The van der Waals surface area contributed by atoms with E-state index < -0.39 is 21.9 Å². The van der Waals surface area contributed by atoms with Gasteiger partial charge in [-0.05, 0) is 18.2 Å². The Kier molecular flexibility index (Phi) is 3.86. The molecule has 0 saturated heterocycles. The van der Waals surface area contributed by atoms with E-state index >= 15 is 0 Å². The molecule has 0 atom stereocenters. The molecule has 9 heteroatoms. The second kappa shape index (κ2) is 4.97. The first kappa shape index (κ1) is 13.2. The Morgan fingerprint density at radius 2 is 2.18 bits per heavy atom. The Bertz CT molecular complexity index is 544. The minimum atomic E-state index is -3.76. The van der Waals surface area contributed by atoms with Crippen LogP contribution in [0.2, 0.25) is 0 Å². The highest BCUT2D eigenvalue weighted by atomic mass is 32.2. The first-order valence-electron chi connectivity index (χ1n) is 4.38. The van der Waals surface area contributed by atoms with Crippen LogP contribution in [-0.2, 0) is 10.2 Å². The predicted molar refractivity (Wildman–Crippen MR) is 60.5 cm³/mol. The minimum Gasteiger partial charge on any atom is -0.409 e. The lowest BCUT2D eigenvalue weighted by Crippen LogP contribution is -2.28. The molecule has 0 aliphatic heterocycles. The highest BCUT2D eigenvalue weighted by molar-refractivity contribution is 7.90. The van der Waals surface area contributed by atoms with Crippen LogP contribution in [0.15, 0.2) is 23.4 Å². The van der Waals surface area contributed by atoms with Crippen molar-refractivity contribution in [2.45, 2.75) is 0 Å². The summed E-state index contributed by atoms with van der Waals surface area (Å²) >= 11 is 0. The van der Waals surface area contributed by atoms with E-state index in [2.05, 4.69) is 9.88 Å². The summed E-state index contributed by atoms with van der Waals surface area (Å²) in [7, 11) is -2.56. The standard InChI is InChI=1S/C8H11FN4O3S/c1-11-17(15,16)13-7-3-2-5(9)4-6(7)8(10)12-14/h2-4,11,13-14H,1H3,(H2,10,12). The van der Waals surface area contributed by atoms with E-state index in [1.165, 1.54) is 7.05 Å². The molecule has 0 aromatic heterocycles. The molecule has 7 nitrogen and oxygen atoms in total. The van der Waals surface area contributed by atoms with Gasteiger partial charge in [-0.15, -0.1) is 0 Å². The number of hydrogen-bond acceptors (Lipinski definition) is 4. The summed E-state index contributed by atoms with van der Waals surface area (Å²) in [5.74, 6) is -1.04. The van der Waals surface area contributed by atoms with Gasteiger partial charge in [0.1, 0.15) is 5.82 Å². The van der Waals surface area contributed by atoms with Gasteiger partial charge in [0, 0.05) is 12.6 Å². The number of oxime groups is 1. The third-order valence-corrected chi connectivity index (χ3v) is 2.90. The topological polar surface area (TPSA) is 117 Å². The summed E-state index contributed by atoms with van der Waals surface area (Å²) in [5.41, 5.74) is 5.24. The van der Waals surface area contributed by atoms with Crippen molar-refractivity contribution in [1.29, 1.82) is 0 Å². The number of benzene rings is 1. The first-order valence-corrected chi connectivity index (χ1v) is 5.86. The molecule has 0 spiro atoms. The second-order valence-electron chi connectivity index (χ2n) is 2.98. The molecule has 0 fully saturated rings. The highest BCUT2D eigenvalue weighted by Gasteiger charge is 2.13. The van der Waals surface area contributed by atoms with Gasteiger partial charge in [-0.2, -0.15) is 8.42 Å². The van der Waals surface area contributed by atoms with Crippen molar-refractivity contribution in [1.82, 2.24) is 4.72 Å². The molecular weight excluding hydrogens is 251 g/mol. The maximum atomic E-state index is 13.0. The fourth-order valence-electron chi connectivity index (χ4n) is 1.07. The van der Waals surface area contributed by atoms with Crippen LogP contribution in [0.3, 0.4) is 0 Å². The number of anilines is 1. The predicted octanol–water partition coefficient (Wildman–Crippen LogP) is -0.204. The quantitative estimate of drug-likeness (QED) is 0.260. The summed E-state index contributed by atoms with van der Waals surface area (Å²) in [4.78, 5) is 0. The van der Waals surface area contributed by atoms with Crippen molar-refractivity contribution in [3.05, 3.63) is 29.6 Å². The number of nitrogens with one attached hydrogen (secondary N) is 2. The largest absolute Gasteiger partial charge is 0.409 e. The minimum absolute atomic E-state index is 0.00366. The molecule has 1 aromatic rings. The molecule has 0 saturated carbocycles. The van der Waals surface area contributed by atoms with Crippen LogP contribution >= 0.6 is 0 Å². The molecule has 1 aromatic carbocycles. The van der Waals surface area contributed by atoms with E-state index in [1.54, 1.807) is 0 Å². The van der Waals surface area contributed by atoms with Crippen molar-refractivity contribution in [2.24, 2.45) is 10.9 Å². The maximum absolute atomic E-state index is 13.0. The molecule has 0 amide bonds. The number of nitrogens with zero attached hydrogens (tertiary/aromatic N) is 1. The Morgan fingerprint density at radius 1 is 1.53 bits per heavy atom. The van der Waals surface area contributed by atoms with Gasteiger partial charge in [0.05, 0.1) is 5.69 Å². The van der Waals surface area contributed by atoms with Gasteiger partial charge in [0.2, 0.25) is 0 Å². The zero-order valence-electron chi connectivity index (χ0n) is 8.81. The fraction of sp³-hybridized carbons (Fsp3) is 0.125. The lowest BCUT2D eigenvalue weighted by Gasteiger charge is -2.10. The van der Waals surface area contributed by atoms with Gasteiger partial charge in [0.25, 0.3) is 10.2 Å². The average molecular weight is 262 g/mol. The van der Waals surface area contributed by atoms with Gasteiger partial charge in [-0.3, -0.25) is 4.72 Å². The molecular formula is C8H11FN4O3S. The second-order valence-corrected chi connectivity index (χ2v) is 4.60. The van der Waals surface area contributed by atoms with Gasteiger partial charge in [-0.25, -0.2) is 9.11 Å². The van der Waals surface area contributed by atoms with E-state index in [0.29, 0.717) is 0 Å². The average Bonchev–Trinajstić information content (AvgIpc) is 2.30. The Balaban J connectivity index is 3.25. The van der Waals surface area contributed by atoms with Crippen LogP contribution < -0.4 is 15.2 Å². The van der Waals surface area contributed by atoms with Crippen LogP contribution in [0.25, 0.3) is 0 Å². The van der Waals surface area contributed by atoms with Gasteiger partial charge in [-0.1, -0.05) is 5.16 Å². The van der Waals surface area contributed by atoms with Crippen LogP contribution in [-0.4, -0.2) is 26.5 Å².